The van der Waals surface area contributed by atoms with E-state index in [4.69, 9.17) is 4.42 Å². The molecule has 0 atom stereocenters. The van der Waals surface area contributed by atoms with Crippen molar-refractivity contribution in [3.63, 3.8) is 0 Å². The van der Waals surface area contributed by atoms with Gasteiger partial charge in [0, 0.05) is 19.6 Å². The molecule has 5 nitrogen and oxygen atoms in total. The van der Waals surface area contributed by atoms with E-state index in [0.717, 1.165) is 17.0 Å². The molecule has 3 rings (SSSR count). The quantitative estimate of drug-likeness (QED) is 0.491. The summed E-state index contributed by atoms with van der Waals surface area (Å²) in [5.74, 6) is 0.810. The molecule has 0 aliphatic rings. The maximum atomic E-state index is 13.1. The summed E-state index contributed by atoms with van der Waals surface area (Å²) < 4.78 is 44.9. The first-order chi connectivity index (χ1) is 14.6. The number of hydrogen-bond acceptors (Lipinski definition) is 5. The fourth-order valence-electron chi connectivity index (χ4n) is 3.03. The van der Waals surface area contributed by atoms with Gasteiger partial charge in [-0.15, -0.1) is 11.3 Å². The van der Waals surface area contributed by atoms with E-state index in [1.54, 1.807) is 17.9 Å². The lowest BCUT2D eigenvalue weighted by Gasteiger charge is -2.25. The van der Waals surface area contributed by atoms with E-state index in [1.807, 2.05) is 36.5 Å². The fourth-order valence-corrected chi connectivity index (χ4v) is 3.68. The highest BCUT2D eigenvalue weighted by Gasteiger charge is 2.30. The highest BCUT2D eigenvalue weighted by atomic mass is 32.1. The first kappa shape index (κ1) is 23.0. The number of carbonyl (C=O) groups excluding carboxylic acids is 1. The topological polar surface area (TPSA) is 49.6 Å². The number of oxazole rings is 1. The third kappa shape index (κ3) is 6.18. The van der Waals surface area contributed by atoms with Gasteiger partial charge in [-0.3, -0.25) is 4.79 Å². The second-order valence-corrected chi connectivity index (χ2v) is 8.44. The standard InChI is InChI=1S/C22H24F3N3O2S/c1-15-18(26-21(30-15)19-8-5-11-31-19)13-20(29)28(10-9-27(2)3)14-16-6-4-7-17(12-16)22(23,24)25/h4-8,11-12H,9-10,13-14H2,1-3H3. The Hall–Kier alpha value is -2.65. The molecular formula is C22H24F3N3O2S. The number of rotatable bonds is 8. The van der Waals surface area contributed by atoms with Gasteiger partial charge in [-0.1, -0.05) is 18.2 Å². The first-order valence-electron chi connectivity index (χ1n) is 9.72. The largest absolute Gasteiger partial charge is 0.440 e. The Morgan fingerprint density at radius 3 is 2.58 bits per heavy atom. The van der Waals surface area contributed by atoms with Gasteiger partial charge >= 0.3 is 6.18 Å². The molecule has 3 aromatic rings. The predicted molar refractivity (Wildman–Crippen MR) is 114 cm³/mol. The summed E-state index contributed by atoms with van der Waals surface area (Å²) in [4.78, 5) is 21.9. The number of thiophene rings is 1. The Kier molecular flexibility index (Phi) is 7.17. The molecule has 1 amide bonds. The van der Waals surface area contributed by atoms with Crippen LogP contribution in [0.1, 0.15) is 22.6 Å². The molecule has 0 spiro atoms. The molecule has 0 aliphatic heterocycles. The Morgan fingerprint density at radius 1 is 1.16 bits per heavy atom. The van der Waals surface area contributed by atoms with Crippen molar-refractivity contribution < 1.29 is 22.4 Å². The summed E-state index contributed by atoms with van der Waals surface area (Å²) in [5.41, 5.74) is 0.239. The number of alkyl halides is 3. The molecule has 2 heterocycles. The van der Waals surface area contributed by atoms with Gasteiger partial charge in [-0.25, -0.2) is 4.98 Å². The molecule has 0 bridgehead atoms. The van der Waals surface area contributed by atoms with Crippen LogP contribution >= 0.6 is 11.3 Å². The number of benzene rings is 1. The van der Waals surface area contributed by atoms with E-state index in [0.29, 0.717) is 36.0 Å². The van der Waals surface area contributed by atoms with E-state index in [-0.39, 0.29) is 18.9 Å². The molecule has 9 heteroatoms. The summed E-state index contributed by atoms with van der Waals surface area (Å²) in [7, 11) is 3.75. The average Bonchev–Trinajstić information content (AvgIpc) is 3.35. The van der Waals surface area contributed by atoms with E-state index in [1.165, 1.54) is 17.4 Å². The minimum absolute atomic E-state index is 0.0209. The molecule has 0 saturated carbocycles. The molecule has 2 aromatic heterocycles. The van der Waals surface area contributed by atoms with Crippen LogP contribution in [0.5, 0.6) is 0 Å². The normalized spacial score (nSPS) is 11.8. The van der Waals surface area contributed by atoms with Gasteiger partial charge in [-0.05, 0) is 50.2 Å². The number of amides is 1. The Morgan fingerprint density at radius 2 is 1.94 bits per heavy atom. The summed E-state index contributed by atoms with van der Waals surface area (Å²) >= 11 is 1.49. The van der Waals surface area contributed by atoms with Crippen LogP contribution in [0.3, 0.4) is 0 Å². The minimum atomic E-state index is -4.43. The van der Waals surface area contributed by atoms with Crippen LogP contribution in [-0.4, -0.2) is 47.9 Å². The Balaban J connectivity index is 1.78. The second-order valence-electron chi connectivity index (χ2n) is 7.49. The smallest absolute Gasteiger partial charge is 0.416 e. The maximum absolute atomic E-state index is 13.1. The zero-order valence-electron chi connectivity index (χ0n) is 17.6. The zero-order chi connectivity index (χ0) is 22.6. The number of nitrogens with zero attached hydrogens (tertiary/aromatic N) is 3. The molecule has 166 valence electrons. The summed E-state index contributed by atoms with van der Waals surface area (Å²) in [6, 6.07) is 8.86. The highest BCUT2D eigenvalue weighted by molar-refractivity contribution is 7.13. The van der Waals surface area contributed by atoms with Crippen LogP contribution in [0.25, 0.3) is 10.8 Å². The lowest BCUT2D eigenvalue weighted by atomic mass is 10.1. The van der Waals surface area contributed by atoms with Gasteiger partial charge in [0.05, 0.1) is 22.6 Å². The van der Waals surface area contributed by atoms with Crippen LogP contribution in [0, 0.1) is 6.92 Å². The van der Waals surface area contributed by atoms with Crippen LogP contribution in [-0.2, 0) is 23.9 Å². The number of likely N-dealkylation sites (N-methyl/N-ethyl adjacent to an activating group) is 1. The van der Waals surface area contributed by atoms with Crippen LogP contribution in [0.15, 0.2) is 46.2 Å². The molecule has 31 heavy (non-hydrogen) atoms. The van der Waals surface area contributed by atoms with Gasteiger partial charge in [0.15, 0.2) is 0 Å². The van der Waals surface area contributed by atoms with Crippen molar-refractivity contribution in [3.8, 4) is 10.8 Å². The lowest BCUT2D eigenvalue weighted by Crippen LogP contribution is -2.37. The lowest BCUT2D eigenvalue weighted by molar-refractivity contribution is -0.137. The van der Waals surface area contributed by atoms with Crippen LogP contribution in [0.2, 0.25) is 0 Å². The maximum Gasteiger partial charge on any atom is 0.416 e. The first-order valence-corrected chi connectivity index (χ1v) is 10.6. The summed E-state index contributed by atoms with van der Waals surface area (Å²) in [5, 5.41) is 1.91. The van der Waals surface area contributed by atoms with Crippen molar-refractivity contribution in [3.05, 3.63) is 64.4 Å². The number of hydrogen-bond donors (Lipinski definition) is 0. The van der Waals surface area contributed by atoms with E-state index in [2.05, 4.69) is 4.98 Å². The Bertz CT molecular complexity index is 1010. The van der Waals surface area contributed by atoms with Gasteiger partial charge in [-0.2, -0.15) is 13.2 Å². The third-order valence-corrected chi connectivity index (χ3v) is 5.60. The van der Waals surface area contributed by atoms with Crippen molar-refractivity contribution in [1.82, 2.24) is 14.8 Å². The number of aromatic nitrogens is 1. The van der Waals surface area contributed by atoms with Crippen LogP contribution < -0.4 is 0 Å². The summed E-state index contributed by atoms with van der Waals surface area (Å²) in [6.07, 6.45) is -4.41. The highest BCUT2D eigenvalue weighted by Crippen LogP contribution is 2.30. The molecule has 0 fully saturated rings. The zero-order valence-corrected chi connectivity index (χ0v) is 18.4. The van der Waals surface area contributed by atoms with Crippen LogP contribution in [0.4, 0.5) is 13.2 Å². The molecule has 0 radical (unpaired) electrons. The molecular weight excluding hydrogens is 427 g/mol. The predicted octanol–water partition coefficient (Wildman–Crippen LogP) is 4.86. The van der Waals surface area contributed by atoms with E-state index in [9.17, 15) is 18.0 Å². The average molecular weight is 452 g/mol. The van der Waals surface area contributed by atoms with Crippen molar-refractivity contribution in [1.29, 1.82) is 0 Å². The number of carbonyl (C=O) groups is 1. The molecule has 0 unspecified atom stereocenters. The minimum Gasteiger partial charge on any atom is -0.440 e. The number of aryl methyl sites for hydroxylation is 1. The molecule has 0 saturated heterocycles. The fraction of sp³-hybridized carbons (Fsp3) is 0.364. The van der Waals surface area contributed by atoms with Gasteiger partial charge in [0.1, 0.15) is 5.76 Å². The summed E-state index contributed by atoms with van der Waals surface area (Å²) in [6.45, 7) is 2.81. The SMILES string of the molecule is Cc1oc(-c2cccs2)nc1CC(=O)N(CCN(C)C)Cc1cccc(C(F)(F)F)c1. The molecule has 1 aromatic carbocycles. The van der Waals surface area contributed by atoms with Crippen molar-refractivity contribution >= 4 is 17.2 Å². The molecule has 0 N–H and O–H groups in total. The van der Waals surface area contributed by atoms with E-state index >= 15 is 0 Å². The van der Waals surface area contributed by atoms with Crippen molar-refractivity contribution in [2.24, 2.45) is 0 Å². The second kappa shape index (κ2) is 9.65. The van der Waals surface area contributed by atoms with Gasteiger partial charge in [0.25, 0.3) is 0 Å². The Labute approximate surface area is 183 Å². The van der Waals surface area contributed by atoms with E-state index < -0.39 is 11.7 Å². The van der Waals surface area contributed by atoms with Crippen molar-refractivity contribution in [2.45, 2.75) is 26.1 Å². The van der Waals surface area contributed by atoms with Gasteiger partial charge in [0.2, 0.25) is 11.8 Å². The van der Waals surface area contributed by atoms with Crippen molar-refractivity contribution in [2.75, 3.05) is 27.2 Å². The number of halogens is 3. The monoisotopic (exact) mass is 451 g/mol. The van der Waals surface area contributed by atoms with Gasteiger partial charge < -0.3 is 14.2 Å². The third-order valence-electron chi connectivity index (χ3n) is 4.74. The molecule has 0 aliphatic carbocycles.